The van der Waals surface area contributed by atoms with Gasteiger partial charge >= 0.3 is 0 Å². The molecule has 0 saturated heterocycles. The predicted octanol–water partition coefficient (Wildman–Crippen LogP) is 2.18. The number of nitrogens with zero attached hydrogens (tertiary/aromatic N) is 2. The lowest BCUT2D eigenvalue weighted by Gasteiger charge is -2.33. The van der Waals surface area contributed by atoms with Crippen LogP contribution in [0.4, 0.5) is 0 Å². The molecule has 108 valence electrons. The molecule has 0 amide bonds. The number of aromatic nitrogens is 2. The molecule has 20 heavy (non-hydrogen) atoms. The molecule has 0 radical (unpaired) electrons. The standard InChI is InChI=1S/C16H23N3O/c1-17-16(12-20)9-4-6-14(16)8-10-19-15-7-3-2-5-13(15)11-18-19/h2-3,5,7,11,14,17,20H,4,6,8-10,12H2,1H3. The fourth-order valence-corrected chi connectivity index (χ4v) is 3.66. The van der Waals surface area contributed by atoms with Gasteiger partial charge in [0.15, 0.2) is 0 Å². The minimum absolute atomic E-state index is 0.0804. The molecule has 0 bridgehead atoms. The van der Waals surface area contributed by atoms with E-state index in [2.05, 4.69) is 33.3 Å². The largest absolute Gasteiger partial charge is 0.394 e. The van der Waals surface area contributed by atoms with Gasteiger partial charge in [-0.05, 0) is 38.3 Å². The van der Waals surface area contributed by atoms with Crippen molar-refractivity contribution in [1.82, 2.24) is 15.1 Å². The van der Waals surface area contributed by atoms with Gasteiger partial charge in [0, 0.05) is 17.5 Å². The summed E-state index contributed by atoms with van der Waals surface area (Å²) < 4.78 is 2.09. The average Bonchev–Trinajstić information content (AvgIpc) is 3.09. The molecular formula is C16H23N3O. The zero-order chi connectivity index (χ0) is 14.0. The van der Waals surface area contributed by atoms with Gasteiger partial charge in [0.05, 0.1) is 18.3 Å². The Labute approximate surface area is 119 Å². The number of aliphatic hydroxyl groups is 1. The van der Waals surface area contributed by atoms with Crippen molar-refractivity contribution in [2.24, 2.45) is 5.92 Å². The molecule has 4 heteroatoms. The van der Waals surface area contributed by atoms with Gasteiger partial charge in [0.2, 0.25) is 0 Å². The molecular weight excluding hydrogens is 250 g/mol. The van der Waals surface area contributed by atoms with Gasteiger partial charge in [-0.25, -0.2) is 0 Å². The SMILES string of the molecule is CNC1(CO)CCCC1CCn1ncc2ccccc21. The highest BCUT2D eigenvalue weighted by molar-refractivity contribution is 5.78. The summed E-state index contributed by atoms with van der Waals surface area (Å²) in [4.78, 5) is 0. The number of hydrogen-bond acceptors (Lipinski definition) is 3. The van der Waals surface area contributed by atoms with Crippen molar-refractivity contribution in [3.63, 3.8) is 0 Å². The third kappa shape index (κ3) is 2.23. The minimum Gasteiger partial charge on any atom is -0.394 e. The quantitative estimate of drug-likeness (QED) is 0.878. The Morgan fingerprint density at radius 2 is 2.30 bits per heavy atom. The number of aryl methyl sites for hydroxylation is 1. The van der Waals surface area contributed by atoms with Gasteiger partial charge in [-0.3, -0.25) is 4.68 Å². The van der Waals surface area contributed by atoms with Crippen LogP contribution in [0.15, 0.2) is 30.5 Å². The van der Waals surface area contributed by atoms with Crippen LogP contribution in [0.2, 0.25) is 0 Å². The number of aliphatic hydroxyl groups excluding tert-OH is 1. The Balaban J connectivity index is 1.73. The maximum absolute atomic E-state index is 9.73. The van der Waals surface area contributed by atoms with Gasteiger partial charge < -0.3 is 10.4 Å². The lowest BCUT2D eigenvalue weighted by Crippen LogP contribution is -2.49. The Morgan fingerprint density at radius 3 is 3.10 bits per heavy atom. The lowest BCUT2D eigenvalue weighted by atomic mass is 9.85. The smallest absolute Gasteiger partial charge is 0.0682 e. The highest BCUT2D eigenvalue weighted by atomic mass is 16.3. The first-order chi connectivity index (χ1) is 9.79. The van der Waals surface area contributed by atoms with E-state index >= 15 is 0 Å². The van der Waals surface area contributed by atoms with Crippen molar-refractivity contribution in [2.75, 3.05) is 13.7 Å². The summed E-state index contributed by atoms with van der Waals surface area (Å²) in [6.07, 6.45) is 6.46. The first-order valence-electron chi connectivity index (χ1n) is 7.49. The summed E-state index contributed by atoms with van der Waals surface area (Å²) in [7, 11) is 1.97. The average molecular weight is 273 g/mol. The van der Waals surface area contributed by atoms with E-state index in [0.717, 1.165) is 19.4 Å². The van der Waals surface area contributed by atoms with Crippen LogP contribution in [-0.4, -0.2) is 34.1 Å². The third-order valence-electron chi connectivity index (χ3n) is 4.98. The molecule has 3 rings (SSSR count). The molecule has 0 aliphatic heterocycles. The van der Waals surface area contributed by atoms with E-state index in [0.29, 0.717) is 5.92 Å². The number of rotatable bonds is 5. The number of nitrogens with one attached hydrogen (secondary N) is 1. The fourth-order valence-electron chi connectivity index (χ4n) is 3.66. The Hall–Kier alpha value is -1.39. The first kappa shape index (κ1) is 13.6. The first-order valence-corrected chi connectivity index (χ1v) is 7.49. The molecule has 1 aliphatic rings. The third-order valence-corrected chi connectivity index (χ3v) is 4.98. The second kappa shape index (κ2) is 5.54. The number of benzene rings is 1. The zero-order valence-electron chi connectivity index (χ0n) is 12.0. The van der Waals surface area contributed by atoms with Crippen molar-refractivity contribution in [1.29, 1.82) is 0 Å². The molecule has 1 aliphatic carbocycles. The van der Waals surface area contributed by atoms with E-state index in [4.69, 9.17) is 0 Å². The van der Waals surface area contributed by atoms with E-state index in [9.17, 15) is 5.11 Å². The number of likely N-dealkylation sites (N-methyl/N-ethyl adjacent to an activating group) is 1. The van der Waals surface area contributed by atoms with E-state index < -0.39 is 0 Å². The molecule has 1 fully saturated rings. The summed E-state index contributed by atoms with van der Waals surface area (Å²) in [6, 6.07) is 8.32. The molecule has 1 aromatic carbocycles. The summed E-state index contributed by atoms with van der Waals surface area (Å²) in [5.74, 6) is 0.528. The van der Waals surface area contributed by atoms with Gasteiger partial charge in [-0.1, -0.05) is 24.6 Å². The van der Waals surface area contributed by atoms with E-state index in [-0.39, 0.29) is 12.1 Å². The van der Waals surface area contributed by atoms with Crippen LogP contribution in [0.5, 0.6) is 0 Å². The van der Waals surface area contributed by atoms with E-state index in [1.165, 1.54) is 23.7 Å². The Morgan fingerprint density at radius 1 is 1.45 bits per heavy atom. The van der Waals surface area contributed by atoms with Crippen LogP contribution >= 0.6 is 0 Å². The molecule has 2 aromatic rings. The molecule has 2 unspecified atom stereocenters. The van der Waals surface area contributed by atoms with Crippen LogP contribution in [0.3, 0.4) is 0 Å². The topological polar surface area (TPSA) is 50.1 Å². The van der Waals surface area contributed by atoms with Crippen LogP contribution < -0.4 is 5.32 Å². The van der Waals surface area contributed by atoms with Gasteiger partial charge in [-0.2, -0.15) is 5.10 Å². The second-order valence-electron chi connectivity index (χ2n) is 5.87. The van der Waals surface area contributed by atoms with E-state index in [1.54, 1.807) is 0 Å². The van der Waals surface area contributed by atoms with Crippen molar-refractivity contribution >= 4 is 10.9 Å². The summed E-state index contributed by atoms with van der Waals surface area (Å²) in [5.41, 5.74) is 1.12. The van der Waals surface area contributed by atoms with Crippen LogP contribution in [0.25, 0.3) is 10.9 Å². The molecule has 2 atom stereocenters. The van der Waals surface area contributed by atoms with E-state index in [1.807, 2.05) is 19.3 Å². The van der Waals surface area contributed by atoms with Crippen LogP contribution in [0, 0.1) is 5.92 Å². The summed E-state index contributed by atoms with van der Waals surface area (Å²) in [5, 5.41) is 18.8. The highest BCUT2D eigenvalue weighted by Crippen LogP contribution is 2.37. The van der Waals surface area contributed by atoms with Crippen molar-refractivity contribution in [3.05, 3.63) is 30.5 Å². The summed E-state index contributed by atoms with van der Waals surface area (Å²) >= 11 is 0. The normalized spacial score (nSPS) is 26.4. The van der Waals surface area contributed by atoms with Crippen molar-refractivity contribution in [3.8, 4) is 0 Å². The molecule has 1 saturated carbocycles. The molecule has 2 N–H and O–H groups in total. The minimum atomic E-state index is -0.0804. The van der Waals surface area contributed by atoms with Gasteiger partial charge in [-0.15, -0.1) is 0 Å². The van der Waals surface area contributed by atoms with Crippen LogP contribution in [0.1, 0.15) is 25.7 Å². The Kier molecular flexibility index (Phi) is 3.76. The van der Waals surface area contributed by atoms with Gasteiger partial charge in [0.25, 0.3) is 0 Å². The predicted molar refractivity (Wildman–Crippen MR) is 80.6 cm³/mol. The van der Waals surface area contributed by atoms with Crippen molar-refractivity contribution < 1.29 is 5.11 Å². The number of fused-ring (bicyclic) bond motifs is 1. The van der Waals surface area contributed by atoms with Gasteiger partial charge in [0.1, 0.15) is 0 Å². The Bertz CT molecular complexity index is 574. The molecule has 0 spiro atoms. The lowest BCUT2D eigenvalue weighted by molar-refractivity contribution is 0.124. The molecule has 4 nitrogen and oxygen atoms in total. The maximum Gasteiger partial charge on any atom is 0.0682 e. The summed E-state index contributed by atoms with van der Waals surface area (Å²) in [6.45, 7) is 1.15. The fraction of sp³-hybridized carbons (Fsp3) is 0.562. The number of hydrogen-bond donors (Lipinski definition) is 2. The monoisotopic (exact) mass is 273 g/mol. The van der Waals surface area contributed by atoms with Crippen molar-refractivity contribution in [2.45, 2.75) is 37.8 Å². The zero-order valence-corrected chi connectivity index (χ0v) is 12.0. The maximum atomic E-state index is 9.73. The molecule has 1 heterocycles. The molecule has 1 aromatic heterocycles. The number of para-hydroxylation sites is 1. The second-order valence-corrected chi connectivity index (χ2v) is 5.87. The van der Waals surface area contributed by atoms with Crippen LogP contribution in [-0.2, 0) is 6.54 Å². The highest BCUT2D eigenvalue weighted by Gasteiger charge is 2.40.